The molecule has 0 spiro atoms. The Morgan fingerprint density at radius 1 is 0.846 bits per heavy atom. The number of piperidine rings is 2. The van der Waals surface area contributed by atoms with Crippen LogP contribution in [0.4, 0.5) is 17.3 Å². The summed E-state index contributed by atoms with van der Waals surface area (Å²) >= 11 is 0. The predicted octanol–water partition coefficient (Wildman–Crippen LogP) is 3.51. The molecule has 1 aromatic carbocycles. The van der Waals surface area contributed by atoms with Crippen LogP contribution in [-0.4, -0.2) is 36.1 Å². The SMILES string of the molecule is Nc1c(N2CCCCC2)ncnc1N1CCC(Cc2ccccc2)CC1. The first-order valence-corrected chi connectivity index (χ1v) is 9.95. The van der Waals surface area contributed by atoms with Gasteiger partial charge in [-0.3, -0.25) is 0 Å². The fraction of sp³-hybridized carbons (Fsp3) is 0.524. The Kier molecular flexibility index (Phi) is 5.23. The van der Waals surface area contributed by atoms with E-state index >= 15 is 0 Å². The number of anilines is 3. The van der Waals surface area contributed by atoms with Crippen molar-refractivity contribution in [3.05, 3.63) is 42.2 Å². The van der Waals surface area contributed by atoms with E-state index in [1.807, 2.05) is 0 Å². The Balaban J connectivity index is 1.41. The summed E-state index contributed by atoms with van der Waals surface area (Å²) in [5, 5.41) is 0. The molecule has 2 saturated heterocycles. The van der Waals surface area contributed by atoms with E-state index in [0.717, 1.165) is 49.4 Å². The standard InChI is InChI=1S/C21H29N5/c22-19-20(25-11-5-2-6-12-25)23-16-24-21(19)26-13-9-18(10-14-26)15-17-7-3-1-4-8-17/h1,3-4,7-8,16,18H,2,5-6,9-15,22H2. The first kappa shape index (κ1) is 17.1. The highest BCUT2D eigenvalue weighted by molar-refractivity contribution is 5.75. The van der Waals surface area contributed by atoms with E-state index in [1.54, 1.807) is 6.33 Å². The van der Waals surface area contributed by atoms with Crippen LogP contribution in [0.5, 0.6) is 0 Å². The molecule has 1 aromatic heterocycles. The third-order valence-electron chi connectivity index (χ3n) is 5.78. The molecule has 0 atom stereocenters. The van der Waals surface area contributed by atoms with Crippen LogP contribution in [0.2, 0.25) is 0 Å². The minimum Gasteiger partial charge on any atom is -0.393 e. The van der Waals surface area contributed by atoms with Gasteiger partial charge in [-0.1, -0.05) is 30.3 Å². The minimum absolute atomic E-state index is 0.748. The molecule has 5 heteroatoms. The summed E-state index contributed by atoms with van der Waals surface area (Å²) in [5.41, 5.74) is 8.70. The van der Waals surface area contributed by atoms with Crippen molar-refractivity contribution in [3.63, 3.8) is 0 Å². The summed E-state index contributed by atoms with van der Waals surface area (Å²) in [4.78, 5) is 13.7. The normalized spacial score (nSPS) is 18.9. The molecule has 2 fully saturated rings. The Morgan fingerprint density at radius 2 is 1.46 bits per heavy atom. The van der Waals surface area contributed by atoms with Crippen molar-refractivity contribution in [1.82, 2.24) is 9.97 Å². The average molecular weight is 351 g/mol. The van der Waals surface area contributed by atoms with Gasteiger partial charge in [-0.15, -0.1) is 0 Å². The van der Waals surface area contributed by atoms with Crippen molar-refractivity contribution in [2.75, 3.05) is 41.7 Å². The molecule has 0 saturated carbocycles. The summed E-state index contributed by atoms with van der Waals surface area (Å²) in [6.07, 6.45) is 9.00. The zero-order valence-electron chi connectivity index (χ0n) is 15.5. The predicted molar refractivity (Wildman–Crippen MR) is 108 cm³/mol. The fourth-order valence-corrected chi connectivity index (χ4v) is 4.28. The monoisotopic (exact) mass is 351 g/mol. The molecule has 2 aromatic rings. The number of aromatic nitrogens is 2. The molecule has 3 heterocycles. The van der Waals surface area contributed by atoms with Gasteiger partial charge in [-0.2, -0.15) is 0 Å². The number of nitrogen functional groups attached to an aromatic ring is 1. The van der Waals surface area contributed by atoms with Crippen LogP contribution in [0.25, 0.3) is 0 Å². The molecule has 5 nitrogen and oxygen atoms in total. The number of benzene rings is 1. The number of hydrogen-bond donors (Lipinski definition) is 1. The Labute approximate surface area is 156 Å². The molecule has 0 aliphatic carbocycles. The molecule has 0 radical (unpaired) electrons. The van der Waals surface area contributed by atoms with Crippen LogP contribution in [0.1, 0.15) is 37.7 Å². The lowest BCUT2D eigenvalue weighted by Crippen LogP contribution is -2.36. The zero-order chi connectivity index (χ0) is 17.8. The van der Waals surface area contributed by atoms with Crippen molar-refractivity contribution >= 4 is 17.3 Å². The van der Waals surface area contributed by atoms with Gasteiger partial charge >= 0.3 is 0 Å². The lowest BCUT2D eigenvalue weighted by molar-refractivity contribution is 0.402. The molecule has 2 aliphatic rings. The third kappa shape index (κ3) is 3.76. The zero-order valence-corrected chi connectivity index (χ0v) is 15.5. The maximum absolute atomic E-state index is 6.49. The van der Waals surface area contributed by atoms with Crippen LogP contribution in [0.3, 0.4) is 0 Å². The maximum atomic E-state index is 6.49. The average Bonchev–Trinajstić information content (AvgIpc) is 2.70. The first-order chi connectivity index (χ1) is 12.8. The summed E-state index contributed by atoms with van der Waals surface area (Å²) in [6.45, 7) is 4.16. The first-order valence-electron chi connectivity index (χ1n) is 9.95. The van der Waals surface area contributed by atoms with E-state index in [1.165, 1.54) is 44.1 Å². The van der Waals surface area contributed by atoms with Gasteiger partial charge in [-0.25, -0.2) is 9.97 Å². The largest absolute Gasteiger partial charge is 0.393 e. The van der Waals surface area contributed by atoms with E-state index in [4.69, 9.17) is 5.73 Å². The highest BCUT2D eigenvalue weighted by Gasteiger charge is 2.24. The smallest absolute Gasteiger partial charge is 0.157 e. The summed E-state index contributed by atoms with van der Waals surface area (Å²) < 4.78 is 0. The van der Waals surface area contributed by atoms with Crippen LogP contribution >= 0.6 is 0 Å². The van der Waals surface area contributed by atoms with Crippen molar-refractivity contribution < 1.29 is 0 Å². The lowest BCUT2D eigenvalue weighted by Gasteiger charge is -2.35. The minimum atomic E-state index is 0.748. The van der Waals surface area contributed by atoms with Crippen molar-refractivity contribution in [1.29, 1.82) is 0 Å². The third-order valence-corrected chi connectivity index (χ3v) is 5.78. The Morgan fingerprint density at radius 3 is 2.12 bits per heavy atom. The Bertz CT molecular complexity index is 704. The molecule has 2 aliphatic heterocycles. The Hall–Kier alpha value is -2.30. The summed E-state index contributed by atoms with van der Waals surface area (Å²) in [7, 11) is 0. The molecule has 0 amide bonds. The summed E-state index contributed by atoms with van der Waals surface area (Å²) in [6, 6.07) is 10.8. The van der Waals surface area contributed by atoms with E-state index in [2.05, 4.69) is 50.1 Å². The highest BCUT2D eigenvalue weighted by Crippen LogP contribution is 2.33. The van der Waals surface area contributed by atoms with Gasteiger partial charge in [0.05, 0.1) is 0 Å². The highest BCUT2D eigenvalue weighted by atomic mass is 15.3. The number of nitrogens with two attached hydrogens (primary N) is 1. The van der Waals surface area contributed by atoms with E-state index in [9.17, 15) is 0 Å². The van der Waals surface area contributed by atoms with Crippen molar-refractivity contribution in [2.24, 2.45) is 5.92 Å². The van der Waals surface area contributed by atoms with Gasteiger partial charge in [-0.05, 0) is 50.0 Å². The van der Waals surface area contributed by atoms with Crippen molar-refractivity contribution in [2.45, 2.75) is 38.5 Å². The van der Waals surface area contributed by atoms with Gasteiger partial charge in [0.25, 0.3) is 0 Å². The number of rotatable bonds is 4. The van der Waals surface area contributed by atoms with Crippen LogP contribution in [0, 0.1) is 5.92 Å². The van der Waals surface area contributed by atoms with Gasteiger partial charge in [0.15, 0.2) is 11.6 Å². The second-order valence-corrected chi connectivity index (χ2v) is 7.60. The number of nitrogens with zero attached hydrogens (tertiary/aromatic N) is 4. The second kappa shape index (κ2) is 7.94. The van der Waals surface area contributed by atoms with Gasteiger partial charge in [0.1, 0.15) is 12.0 Å². The lowest BCUT2D eigenvalue weighted by atomic mass is 9.90. The molecule has 4 rings (SSSR count). The number of hydrogen-bond acceptors (Lipinski definition) is 5. The van der Waals surface area contributed by atoms with Gasteiger partial charge in [0, 0.05) is 26.2 Å². The molecular formula is C21H29N5. The van der Waals surface area contributed by atoms with Gasteiger partial charge in [0.2, 0.25) is 0 Å². The second-order valence-electron chi connectivity index (χ2n) is 7.60. The van der Waals surface area contributed by atoms with Gasteiger partial charge < -0.3 is 15.5 Å². The molecule has 0 unspecified atom stereocenters. The molecular weight excluding hydrogens is 322 g/mol. The molecule has 0 bridgehead atoms. The molecule has 2 N–H and O–H groups in total. The molecule has 26 heavy (non-hydrogen) atoms. The quantitative estimate of drug-likeness (QED) is 0.913. The summed E-state index contributed by atoms with van der Waals surface area (Å²) in [5.74, 6) is 2.61. The van der Waals surface area contributed by atoms with Crippen LogP contribution < -0.4 is 15.5 Å². The van der Waals surface area contributed by atoms with Crippen LogP contribution in [-0.2, 0) is 6.42 Å². The fourth-order valence-electron chi connectivity index (χ4n) is 4.28. The topological polar surface area (TPSA) is 58.3 Å². The van der Waals surface area contributed by atoms with Crippen LogP contribution in [0.15, 0.2) is 36.7 Å². The molecule has 138 valence electrons. The van der Waals surface area contributed by atoms with E-state index in [-0.39, 0.29) is 0 Å². The maximum Gasteiger partial charge on any atom is 0.157 e. The van der Waals surface area contributed by atoms with Crippen molar-refractivity contribution in [3.8, 4) is 0 Å². The van der Waals surface area contributed by atoms with E-state index < -0.39 is 0 Å². The van der Waals surface area contributed by atoms with E-state index in [0.29, 0.717) is 0 Å².